The SMILES string of the molecule is CC(C)(C)[C@H](NC(=O)/C=C/c1ccc(/C=C/C(=O)O)cc1)C(=O)N1CCC[C@H]1C(=O)N(Cc1ccccc1)Cc1ccccc1.NCc1ccccc1.O=Cc1ccccc1.[B]C(=O)N1CCC[C@H]1C(=O)N(Cc1ccccc1)Cc1ccccc1.[B]C(=O)N[C@H](C(=O)N1CCC[C@H]1C(=O)N(Cc1ccccc1)Cc1ccccc1)C(C)(C)C.c1ccc(CNCc2ccccc2)cc1. The summed E-state index contributed by atoms with van der Waals surface area (Å²) in [6, 6.07) is 103. The highest BCUT2D eigenvalue weighted by atomic mass is 16.4. The lowest BCUT2D eigenvalue weighted by Gasteiger charge is -2.36. The van der Waals surface area contributed by atoms with Crippen molar-refractivity contribution in [2.45, 2.75) is 169 Å². The van der Waals surface area contributed by atoms with Crippen molar-refractivity contribution in [2.75, 3.05) is 19.6 Å². The number of carboxylic acid groups (broad SMARTS) is 1. The van der Waals surface area contributed by atoms with Crippen LogP contribution in [0.5, 0.6) is 0 Å². The summed E-state index contributed by atoms with van der Waals surface area (Å²) in [5.41, 5.74) is 16.4. The van der Waals surface area contributed by atoms with Gasteiger partial charge in [0.25, 0.3) is 0 Å². The number of carboxylic acids is 1. The number of carbonyl (C=O) groups excluding carboxylic acids is 9. The van der Waals surface area contributed by atoms with Gasteiger partial charge < -0.3 is 56.2 Å². The highest BCUT2D eigenvalue weighted by Crippen LogP contribution is 2.31. The van der Waals surface area contributed by atoms with Gasteiger partial charge in [-0.2, -0.15) is 0 Å². The van der Waals surface area contributed by atoms with E-state index < -0.39 is 64.5 Å². The van der Waals surface area contributed by atoms with E-state index in [2.05, 4.69) is 64.5 Å². The van der Waals surface area contributed by atoms with Crippen LogP contribution in [0, 0.1) is 10.8 Å². The lowest BCUT2D eigenvalue weighted by Crippen LogP contribution is -2.57. The number of nitrogens with zero attached hydrogens (tertiary/aromatic N) is 6. The second-order valence-corrected chi connectivity index (χ2v) is 35.1. The molecule has 5 atom stereocenters. The average Bonchev–Trinajstić information content (AvgIpc) is 1.71. The first kappa shape index (κ1) is 104. The van der Waals surface area contributed by atoms with E-state index in [1.165, 1.54) is 33.7 Å². The first-order chi connectivity index (χ1) is 64.6. The van der Waals surface area contributed by atoms with Crippen molar-refractivity contribution in [3.8, 4) is 0 Å². The van der Waals surface area contributed by atoms with Gasteiger partial charge in [0, 0.05) is 96.3 Å². The molecule has 0 aromatic heterocycles. The van der Waals surface area contributed by atoms with Gasteiger partial charge in [-0.15, -0.1) is 0 Å². The molecule has 0 saturated carbocycles. The fourth-order valence-electron chi connectivity index (χ4n) is 15.7. The van der Waals surface area contributed by atoms with Gasteiger partial charge in [-0.1, -0.05) is 369 Å². The Kier molecular flexibility index (Phi) is 42.2. The number of aliphatic carboxylic acids is 1. The van der Waals surface area contributed by atoms with Crippen molar-refractivity contribution in [1.29, 1.82) is 0 Å². The van der Waals surface area contributed by atoms with E-state index in [1.807, 2.05) is 299 Å². The molecule has 3 heterocycles. The maximum absolute atomic E-state index is 14.1. The number of hydrogen-bond donors (Lipinski definition) is 5. The van der Waals surface area contributed by atoms with Crippen molar-refractivity contribution in [1.82, 2.24) is 45.3 Å². The molecule has 6 N–H and O–H groups in total. The number of rotatable bonds is 29. The van der Waals surface area contributed by atoms with Gasteiger partial charge in [-0.3, -0.25) is 43.2 Å². The van der Waals surface area contributed by atoms with Crippen molar-refractivity contribution < 1.29 is 53.1 Å². The number of benzene rings is 11. The fourth-order valence-corrected chi connectivity index (χ4v) is 15.7. The van der Waals surface area contributed by atoms with Crippen molar-refractivity contribution >= 4 is 87.2 Å². The summed E-state index contributed by atoms with van der Waals surface area (Å²) >= 11 is 0. The maximum atomic E-state index is 14.1. The molecule has 690 valence electrons. The molecule has 0 unspecified atom stereocenters. The van der Waals surface area contributed by atoms with Crippen LogP contribution in [-0.2, 0) is 92.5 Å². The number of aldehydes is 1. The summed E-state index contributed by atoms with van der Waals surface area (Å²) in [5, 5.41) is 17.7. The van der Waals surface area contributed by atoms with Gasteiger partial charge >= 0.3 is 5.97 Å². The van der Waals surface area contributed by atoms with E-state index in [0.717, 1.165) is 88.4 Å². The van der Waals surface area contributed by atoms with E-state index in [0.29, 0.717) is 91.1 Å². The van der Waals surface area contributed by atoms with Crippen molar-refractivity contribution in [2.24, 2.45) is 16.6 Å². The Morgan fingerprint density at radius 2 is 0.627 bits per heavy atom. The van der Waals surface area contributed by atoms with Crippen LogP contribution in [0.15, 0.2) is 340 Å². The maximum Gasteiger partial charge on any atom is 0.328 e. The van der Waals surface area contributed by atoms with Gasteiger partial charge in [0.15, 0.2) is 11.6 Å². The Labute approximate surface area is 792 Å². The molecule has 8 amide bonds. The Hall–Kier alpha value is -14.2. The molecule has 3 aliphatic rings. The predicted octanol–water partition coefficient (Wildman–Crippen LogP) is 17.6. The minimum atomic E-state index is -1.03. The molecule has 11 aromatic rings. The molecule has 0 bridgehead atoms. The number of nitrogens with one attached hydrogen (secondary N) is 3. The lowest BCUT2D eigenvalue weighted by molar-refractivity contribution is -0.147. The highest BCUT2D eigenvalue weighted by molar-refractivity contribution is 6.57. The second-order valence-electron chi connectivity index (χ2n) is 35.1. The van der Waals surface area contributed by atoms with Gasteiger partial charge in [0.05, 0.1) is 0 Å². The van der Waals surface area contributed by atoms with Crippen LogP contribution in [0.3, 0.4) is 0 Å². The molecule has 134 heavy (non-hydrogen) atoms. The summed E-state index contributed by atoms with van der Waals surface area (Å²) < 4.78 is 0. The Bertz CT molecular complexity index is 5330. The molecule has 0 aliphatic carbocycles. The summed E-state index contributed by atoms with van der Waals surface area (Å²) in [4.78, 5) is 136. The fraction of sp³-hybridized carbons (Fsp3) is 0.279. The summed E-state index contributed by atoms with van der Waals surface area (Å²) in [6.45, 7) is 18.0. The first-order valence-electron chi connectivity index (χ1n) is 45.5. The van der Waals surface area contributed by atoms with Crippen LogP contribution < -0.4 is 21.7 Å². The molecule has 3 fully saturated rings. The molecule has 23 heteroatoms. The zero-order chi connectivity index (χ0) is 96.0. The molecule has 4 radical (unpaired) electrons. The van der Waals surface area contributed by atoms with Crippen LogP contribution in [0.25, 0.3) is 12.2 Å². The van der Waals surface area contributed by atoms with Crippen molar-refractivity contribution in [3.63, 3.8) is 0 Å². The van der Waals surface area contributed by atoms with E-state index in [4.69, 9.17) is 26.5 Å². The largest absolute Gasteiger partial charge is 0.478 e. The van der Waals surface area contributed by atoms with Gasteiger partial charge in [0.1, 0.15) is 36.5 Å². The van der Waals surface area contributed by atoms with Gasteiger partial charge in [0.2, 0.25) is 51.1 Å². The number of nitrogens with two attached hydrogens (primary N) is 1. The Morgan fingerprint density at radius 1 is 0.366 bits per heavy atom. The van der Waals surface area contributed by atoms with E-state index >= 15 is 0 Å². The third-order valence-electron chi connectivity index (χ3n) is 22.6. The molecule has 3 aliphatic heterocycles. The Balaban J connectivity index is 0.000000198. The standard InChI is InChI=1S/C37H41N3O5.C26H32BN3O3.C20H21BN2O2.C14H15N.C7H9N.C7H6O/c1-37(2,3)34(38-32(41)22-20-27-16-18-28(19-17-27)21-23-33(42)43)36(45)40-24-10-15-31(40)35(44)39(25-29-11-6-4-7-12-29)26-30-13-8-5-9-14-30;1-26(2,3)22(28-25(27)33)24(32)30-16-10-15-21(30)23(31)29(17-19-11-6-4-7-12-19)18-20-13-8-5-9-14-20;21-20(25)23-13-7-12-18(23)19(24)22(14-16-8-3-1-4-9-16)15-17-10-5-2-6-11-17;1-3-7-13(8-4-1)11-15-12-14-9-5-2-6-10-14;2*8-6-7-4-2-1-3-5-7/h4-9,11-14,16-23,31,34H,10,15,24-26H2,1-3H3,(H,38,41)(H,42,43);4-9,11-14,21-22H,10,15-18H2,1-3H3,(H,28,33);1-6,8-11,18H,7,12-15H2;1-10,15H,11-12H2;1-5H,6,8H2;1-6H/b22-20+,23-21+;;;;;/t31-,34+;21-,22+;18-;;;/m000.../s1. The van der Waals surface area contributed by atoms with Gasteiger partial charge in [-0.25, -0.2) is 4.79 Å². The summed E-state index contributed by atoms with van der Waals surface area (Å²) in [7, 11) is 10.8. The molecule has 3 saturated heterocycles. The monoisotopic (exact) mass is 1790 g/mol. The quantitative estimate of drug-likeness (QED) is 0.0166. The molecule has 0 spiro atoms. The third kappa shape index (κ3) is 35.2. The normalized spacial score (nSPS) is 14.7. The second kappa shape index (κ2) is 54.6. The third-order valence-corrected chi connectivity index (χ3v) is 22.6. The topological polar surface area (TPSA) is 272 Å². The minimum absolute atomic E-state index is 0.0380. The molecular formula is C111H124B2N10O11. The van der Waals surface area contributed by atoms with Crippen LogP contribution in [0.4, 0.5) is 9.59 Å². The van der Waals surface area contributed by atoms with E-state index in [9.17, 15) is 47.9 Å². The van der Waals surface area contributed by atoms with Crippen LogP contribution in [0.1, 0.15) is 152 Å². The van der Waals surface area contributed by atoms with E-state index in [-0.39, 0.29) is 29.5 Å². The first-order valence-corrected chi connectivity index (χ1v) is 45.5. The summed E-state index contributed by atoms with van der Waals surface area (Å²) in [6.07, 6.45) is 10.5. The highest BCUT2D eigenvalue weighted by Gasteiger charge is 2.45. The molecule has 21 nitrogen and oxygen atoms in total. The van der Waals surface area contributed by atoms with Crippen LogP contribution in [-0.4, -0.2) is 159 Å². The predicted molar refractivity (Wildman–Crippen MR) is 532 cm³/mol. The smallest absolute Gasteiger partial charge is 0.328 e. The van der Waals surface area contributed by atoms with E-state index in [1.54, 1.807) is 52.3 Å². The lowest BCUT2D eigenvalue weighted by atomic mass is 9.85. The van der Waals surface area contributed by atoms with Crippen LogP contribution >= 0.6 is 0 Å². The zero-order valence-electron chi connectivity index (χ0n) is 77.6. The Morgan fingerprint density at radius 3 is 0.881 bits per heavy atom. The summed E-state index contributed by atoms with van der Waals surface area (Å²) in [5.74, 6) is -3.48. The average molecular weight is 1800 g/mol. The number of carbonyl (C=O) groups is 10. The number of amides is 8. The minimum Gasteiger partial charge on any atom is -0.478 e. The molecule has 11 aromatic carbocycles. The van der Waals surface area contributed by atoms with Crippen molar-refractivity contribution in [3.05, 3.63) is 406 Å². The number of hydrogen-bond acceptors (Lipinski definition) is 12. The molecular weight excluding hydrogens is 1670 g/mol. The van der Waals surface area contributed by atoms with Crippen LogP contribution in [0.2, 0.25) is 0 Å². The number of likely N-dealkylation sites (tertiary alicyclic amines) is 3. The molecule has 14 rings (SSSR count). The zero-order valence-corrected chi connectivity index (χ0v) is 77.6. The van der Waals surface area contributed by atoms with Gasteiger partial charge in [-0.05, 0) is 123 Å².